The minimum absolute atomic E-state index is 0. The van der Waals surface area contributed by atoms with Crippen molar-refractivity contribution in [3.8, 4) is 0 Å². The Labute approximate surface area is 274 Å². The van der Waals surface area contributed by atoms with Crippen LogP contribution in [0, 0.1) is 33.1 Å². The molecule has 0 saturated carbocycles. The van der Waals surface area contributed by atoms with E-state index in [4.69, 9.17) is 0 Å². The summed E-state index contributed by atoms with van der Waals surface area (Å²) in [7, 11) is 0. The van der Waals surface area contributed by atoms with E-state index >= 15 is 0 Å². The van der Waals surface area contributed by atoms with Gasteiger partial charge in [-0.3, -0.25) is 0 Å². The van der Waals surface area contributed by atoms with E-state index in [-0.39, 0.29) is 47.6 Å². The summed E-state index contributed by atoms with van der Waals surface area (Å²) in [5.41, 5.74) is 15.0. The SMILES string of the molecule is CC.CC.C[CH-]C1=CC=C(c2ccc3c(c2)CCc2cc(C4=CC=C(C(C)C(C)C)C4)ccc2CC3)C1.[CH3-].[CH3-].[Y+3]. The van der Waals surface area contributed by atoms with Crippen molar-refractivity contribution >= 4 is 11.1 Å². The summed E-state index contributed by atoms with van der Waals surface area (Å²) in [6, 6.07) is 14.5. The van der Waals surface area contributed by atoms with Crippen LogP contribution in [0.1, 0.15) is 102 Å². The number of aryl methyl sites for hydroxylation is 4. The molecule has 0 aromatic heterocycles. The second-order valence-electron chi connectivity index (χ2n) is 10.5. The molecule has 2 aromatic rings. The van der Waals surface area contributed by atoms with E-state index in [0.29, 0.717) is 11.8 Å². The van der Waals surface area contributed by atoms with Gasteiger partial charge in [0.15, 0.2) is 0 Å². The van der Waals surface area contributed by atoms with E-state index in [1.54, 1.807) is 22.3 Å². The van der Waals surface area contributed by atoms with Gasteiger partial charge in [-0.05, 0) is 89.3 Å². The summed E-state index contributed by atoms with van der Waals surface area (Å²) in [6.07, 6.45) is 18.3. The minimum Gasteiger partial charge on any atom is -0.358 e. The molecule has 0 radical (unpaired) electrons. The molecule has 0 heterocycles. The molecule has 40 heavy (non-hydrogen) atoms. The van der Waals surface area contributed by atoms with E-state index in [9.17, 15) is 0 Å². The van der Waals surface area contributed by atoms with Crippen molar-refractivity contribution in [1.29, 1.82) is 0 Å². The number of benzene rings is 2. The second-order valence-corrected chi connectivity index (χ2v) is 10.5. The number of hydrogen-bond acceptors (Lipinski definition) is 0. The van der Waals surface area contributed by atoms with Gasteiger partial charge < -0.3 is 14.9 Å². The van der Waals surface area contributed by atoms with Crippen LogP contribution in [0.5, 0.6) is 0 Å². The minimum atomic E-state index is 0. The van der Waals surface area contributed by atoms with Crippen LogP contribution in [0.15, 0.2) is 71.8 Å². The van der Waals surface area contributed by atoms with Gasteiger partial charge in [0.25, 0.3) is 0 Å². The fourth-order valence-electron chi connectivity index (χ4n) is 5.57. The van der Waals surface area contributed by atoms with Gasteiger partial charge >= 0.3 is 32.7 Å². The van der Waals surface area contributed by atoms with Crippen molar-refractivity contribution in [3.05, 3.63) is 127 Å². The molecule has 5 rings (SSSR count). The first-order valence-electron chi connectivity index (χ1n) is 14.8. The first-order chi connectivity index (χ1) is 18.0. The molecule has 1 atom stereocenters. The van der Waals surface area contributed by atoms with Crippen LogP contribution in [-0.2, 0) is 58.4 Å². The van der Waals surface area contributed by atoms with Gasteiger partial charge in [0.2, 0.25) is 0 Å². The Hall–Kier alpha value is -1.63. The number of allylic oxidation sites excluding steroid dienone is 8. The molecule has 2 aromatic carbocycles. The first-order valence-corrected chi connectivity index (χ1v) is 14.8. The third-order valence-corrected chi connectivity index (χ3v) is 8.22. The van der Waals surface area contributed by atoms with E-state index in [2.05, 4.69) is 94.8 Å². The fraction of sp³-hybridized carbons (Fsp3) is 0.410. The summed E-state index contributed by atoms with van der Waals surface area (Å²) in [4.78, 5) is 0. The molecule has 0 nitrogen and oxygen atoms in total. The first kappa shape index (κ1) is 38.4. The molecular formula is C39H55Y. The Morgan fingerprint density at radius 3 is 1.50 bits per heavy atom. The zero-order chi connectivity index (χ0) is 26.9. The zero-order valence-electron chi connectivity index (χ0n) is 27.3. The zero-order valence-corrected chi connectivity index (χ0v) is 30.2. The molecule has 0 spiro atoms. The molecular weight excluding hydrogens is 557 g/mol. The molecule has 1 heteroatoms. The number of fused-ring (bicyclic) bond motifs is 2. The van der Waals surface area contributed by atoms with E-state index < -0.39 is 0 Å². The van der Waals surface area contributed by atoms with E-state index in [1.807, 2.05) is 27.7 Å². The van der Waals surface area contributed by atoms with Crippen molar-refractivity contribution in [2.24, 2.45) is 11.8 Å². The maximum absolute atomic E-state index is 2.50. The Kier molecular flexibility index (Phi) is 18.0. The summed E-state index contributed by atoms with van der Waals surface area (Å²) < 4.78 is 0. The third-order valence-electron chi connectivity index (χ3n) is 8.22. The Morgan fingerprint density at radius 1 is 0.600 bits per heavy atom. The van der Waals surface area contributed by atoms with Crippen LogP contribution in [0.3, 0.4) is 0 Å². The van der Waals surface area contributed by atoms with Crippen molar-refractivity contribution in [2.75, 3.05) is 0 Å². The van der Waals surface area contributed by atoms with Crippen LogP contribution >= 0.6 is 0 Å². The average molecular weight is 613 g/mol. The summed E-state index contributed by atoms with van der Waals surface area (Å²) >= 11 is 0. The van der Waals surface area contributed by atoms with Gasteiger partial charge in [-0.25, -0.2) is 18.1 Å². The van der Waals surface area contributed by atoms with Gasteiger partial charge in [0, 0.05) is 0 Å². The van der Waals surface area contributed by atoms with Crippen LogP contribution in [0.25, 0.3) is 11.1 Å². The van der Waals surface area contributed by atoms with Crippen molar-refractivity contribution in [3.63, 3.8) is 0 Å². The molecule has 0 aliphatic heterocycles. The average Bonchev–Trinajstić information content (AvgIpc) is 3.62. The maximum atomic E-state index is 2.50. The third kappa shape index (κ3) is 9.19. The molecule has 0 saturated heterocycles. The maximum Gasteiger partial charge on any atom is 3.00 e. The predicted molar refractivity (Wildman–Crippen MR) is 179 cm³/mol. The summed E-state index contributed by atoms with van der Waals surface area (Å²) in [5, 5.41) is 0. The quantitative estimate of drug-likeness (QED) is 0.295. The number of hydrogen-bond donors (Lipinski definition) is 0. The smallest absolute Gasteiger partial charge is 0.358 e. The van der Waals surface area contributed by atoms with Gasteiger partial charge in [-0.15, -0.1) is 13.0 Å². The van der Waals surface area contributed by atoms with Crippen LogP contribution in [-0.4, -0.2) is 0 Å². The Bertz CT molecular complexity index is 1190. The molecule has 0 N–H and O–H groups in total. The van der Waals surface area contributed by atoms with E-state index in [0.717, 1.165) is 38.5 Å². The van der Waals surface area contributed by atoms with Crippen molar-refractivity contribution in [2.45, 2.75) is 93.9 Å². The molecule has 3 aliphatic carbocycles. The van der Waals surface area contributed by atoms with Gasteiger partial charge in [-0.2, -0.15) is 0 Å². The predicted octanol–water partition coefficient (Wildman–Crippen LogP) is 11.5. The monoisotopic (exact) mass is 612 g/mol. The van der Waals surface area contributed by atoms with Crippen LogP contribution in [0.4, 0.5) is 0 Å². The Morgan fingerprint density at radius 2 is 1.05 bits per heavy atom. The van der Waals surface area contributed by atoms with Gasteiger partial charge in [0.1, 0.15) is 0 Å². The van der Waals surface area contributed by atoms with Crippen molar-refractivity contribution < 1.29 is 32.7 Å². The van der Waals surface area contributed by atoms with Crippen molar-refractivity contribution in [1.82, 2.24) is 0 Å². The molecule has 214 valence electrons. The standard InChI is InChI=1S/C33H37.2C2H6.2CH3.Y/c1-5-24-6-7-28(18-24)32-13-10-25-8-9-26-11-14-33(21-30(26)17-16-29(25)20-32)31-15-12-27(19-31)23(4)22(2)3;2*1-2;;;/h5-7,10-15,20-23H,8-9,16-19H2,1-4H3;2*1-2H3;2*1H3;/q-1;;;2*-1;+3. The van der Waals surface area contributed by atoms with Gasteiger partial charge in [0.05, 0.1) is 0 Å². The molecule has 1 unspecified atom stereocenters. The molecule has 3 aliphatic rings. The largest absolute Gasteiger partial charge is 3.00 e. The fourth-order valence-corrected chi connectivity index (χ4v) is 5.57. The molecule has 0 fully saturated rings. The van der Waals surface area contributed by atoms with Crippen LogP contribution < -0.4 is 0 Å². The van der Waals surface area contributed by atoms with E-state index in [1.165, 1.54) is 33.4 Å². The molecule has 0 amide bonds. The van der Waals surface area contributed by atoms with Crippen LogP contribution in [0.2, 0.25) is 0 Å². The normalized spacial score (nSPS) is 15.5. The van der Waals surface area contributed by atoms with Gasteiger partial charge in [-0.1, -0.05) is 108 Å². The second kappa shape index (κ2) is 18.7. The summed E-state index contributed by atoms with van der Waals surface area (Å²) in [5.74, 6) is 1.36. The number of rotatable bonds is 5. The molecule has 0 bridgehead atoms. The topological polar surface area (TPSA) is 0 Å². The summed E-state index contributed by atoms with van der Waals surface area (Å²) in [6.45, 7) is 17.2. The Balaban J connectivity index is 0.00000208.